The van der Waals surface area contributed by atoms with E-state index in [0.29, 0.717) is 6.42 Å². The predicted octanol–water partition coefficient (Wildman–Crippen LogP) is 2.65. The molecule has 110 valence electrons. The SMILES string of the molecule is CCC1(C(=O)O)CCCN1C(C)Cc1ccc(O)cc1. The number of likely N-dealkylation sites (tertiary alicyclic amines) is 1. The average Bonchev–Trinajstić information content (AvgIpc) is 2.86. The van der Waals surface area contributed by atoms with E-state index in [9.17, 15) is 15.0 Å². The van der Waals surface area contributed by atoms with Crippen molar-refractivity contribution in [3.8, 4) is 5.75 Å². The molecule has 1 aromatic rings. The number of phenols is 1. The fourth-order valence-corrected chi connectivity index (χ4v) is 3.39. The van der Waals surface area contributed by atoms with Gasteiger partial charge in [-0.1, -0.05) is 19.1 Å². The van der Waals surface area contributed by atoms with Crippen LogP contribution in [0.15, 0.2) is 24.3 Å². The molecule has 0 spiro atoms. The number of aliphatic carboxylic acids is 1. The number of benzene rings is 1. The largest absolute Gasteiger partial charge is 0.508 e. The lowest BCUT2D eigenvalue weighted by atomic mass is 9.91. The number of nitrogens with zero attached hydrogens (tertiary/aromatic N) is 1. The molecule has 0 bridgehead atoms. The van der Waals surface area contributed by atoms with Crippen molar-refractivity contribution < 1.29 is 15.0 Å². The lowest BCUT2D eigenvalue weighted by Crippen LogP contribution is -2.54. The molecule has 20 heavy (non-hydrogen) atoms. The van der Waals surface area contributed by atoms with Gasteiger partial charge in [0.15, 0.2) is 0 Å². The maximum atomic E-state index is 11.7. The molecule has 0 radical (unpaired) electrons. The molecule has 0 aromatic heterocycles. The molecule has 2 N–H and O–H groups in total. The van der Waals surface area contributed by atoms with E-state index in [1.807, 2.05) is 19.1 Å². The van der Waals surface area contributed by atoms with Gasteiger partial charge in [0.1, 0.15) is 11.3 Å². The van der Waals surface area contributed by atoms with Crippen LogP contribution < -0.4 is 0 Å². The molecule has 1 aliphatic rings. The minimum atomic E-state index is -0.699. The lowest BCUT2D eigenvalue weighted by Gasteiger charge is -2.38. The average molecular weight is 277 g/mol. The summed E-state index contributed by atoms with van der Waals surface area (Å²) >= 11 is 0. The van der Waals surface area contributed by atoms with Gasteiger partial charge in [0.05, 0.1) is 0 Å². The van der Waals surface area contributed by atoms with Crippen molar-refractivity contribution in [3.05, 3.63) is 29.8 Å². The Morgan fingerprint density at radius 1 is 1.40 bits per heavy atom. The van der Waals surface area contributed by atoms with Crippen LogP contribution in [-0.2, 0) is 11.2 Å². The van der Waals surface area contributed by atoms with E-state index >= 15 is 0 Å². The van der Waals surface area contributed by atoms with E-state index < -0.39 is 11.5 Å². The van der Waals surface area contributed by atoms with Gasteiger partial charge in [0, 0.05) is 6.04 Å². The van der Waals surface area contributed by atoms with Crippen molar-refractivity contribution in [2.45, 2.75) is 51.1 Å². The van der Waals surface area contributed by atoms with Crippen molar-refractivity contribution in [2.24, 2.45) is 0 Å². The van der Waals surface area contributed by atoms with Crippen molar-refractivity contribution >= 4 is 5.97 Å². The van der Waals surface area contributed by atoms with Gasteiger partial charge in [-0.05, 0) is 56.8 Å². The summed E-state index contributed by atoms with van der Waals surface area (Å²) in [7, 11) is 0. The maximum Gasteiger partial charge on any atom is 0.324 e. The van der Waals surface area contributed by atoms with Crippen LogP contribution in [0.2, 0.25) is 0 Å². The second kappa shape index (κ2) is 5.83. The minimum Gasteiger partial charge on any atom is -0.508 e. The standard InChI is InChI=1S/C16H23NO3/c1-3-16(15(19)20)9-4-10-17(16)12(2)11-13-5-7-14(18)8-6-13/h5-8,12,18H,3-4,9-11H2,1-2H3,(H,19,20). The zero-order valence-electron chi connectivity index (χ0n) is 12.2. The van der Waals surface area contributed by atoms with Gasteiger partial charge < -0.3 is 10.2 Å². The van der Waals surface area contributed by atoms with Gasteiger partial charge in [-0.25, -0.2) is 0 Å². The molecule has 1 fully saturated rings. The highest BCUT2D eigenvalue weighted by Crippen LogP contribution is 2.35. The number of hydrogen-bond donors (Lipinski definition) is 2. The predicted molar refractivity (Wildman–Crippen MR) is 77.9 cm³/mol. The highest BCUT2D eigenvalue weighted by atomic mass is 16.4. The van der Waals surface area contributed by atoms with Crippen LogP contribution in [0.1, 0.15) is 38.7 Å². The van der Waals surface area contributed by atoms with Crippen LogP contribution in [0.25, 0.3) is 0 Å². The third-order valence-corrected chi connectivity index (χ3v) is 4.52. The van der Waals surface area contributed by atoms with Gasteiger partial charge in [-0.3, -0.25) is 9.69 Å². The van der Waals surface area contributed by atoms with E-state index in [4.69, 9.17) is 0 Å². The Morgan fingerprint density at radius 2 is 2.05 bits per heavy atom. The molecule has 0 amide bonds. The second-order valence-electron chi connectivity index (χ2n) is 5.71. The van der Waals surface area contributed by atoms with Gasteiger partial charge in [-0.15, -0.1) is 0 Å². The van der Waals surface area contributed by atoms with Crippen molar-refractivity contribution in [1.29, 1.82) is 0 Å². The Bertz CT molecular complexity index is 471. The molecular weight excluding hydrogens is 254 g/mol. The molecular formula is C16H23NO3. The summed E-state index contributed by atoms with van der Waals surface area (Å²) in [6.45, 7) is 4.89. The number of carbonyl (C=O) groups is 1. The Balaban J connectivity index is 2.13. The Kier molecular flexibility index (Phi) is 4.33. The first kappa shape index (κ1) is 14.9. The van der Waals surface area contributed by atoms with Gasteiger partial charge in [0.25, 0.3) is 0 Å². The molecule has 1 aromatic carbocycles. The smallest absolute Gasteiger partial charge is 0.324 e. The van der Waals surface area contributed by atoms with Gasteiger partial charge in [-0.2, -0.15) is 0 Å². The zero-order chi connectivity index (χ0) is 14.8. The fourth-order valence-electron chi connectivity index (χ4n) is 3.39. The van der Waals surface area contributed by atoms with E-state index in [1.54, 1.807) is 12.1 Å². The van der Waals surface area contributed by atoms with Crippen LogP contribution in [-0.4, -0.2) is 39.2 Å². The van der Waals surface area contributed by atoms with Crippen molar-refractivity contribution in [1.82, 2.24) is 4.90 Å². The first-order chi connectivity index (χ1) is 9.49. The van der Waals surface area contributed by atoms with Crippen molar-refractivity contribution in [2.75, 3.05) is 6.54 Å². The third-order valence-electron chi connectivity index (χ3n) is 4.52. The quantitative estimate of drug-likeness (QED) is 0.868. The highest BCUT2D eigenvalue weighted by Gasteiger charge is 2.47. The number of rotatable bonds is 5. The molecule has 1 heterocycles. The second-order valence-corrected chi connectivity index (χ2v) is 5.71. The summed E-state index contributed by atoms with van der Waals surface area (Å²) in [5.41, 5.74) is 0.425. The summed E-state index contributed by atoms with van der Waals surface area (Å²) in [5.74, 6) is -0.439. The monoisotopic (exact) mass is 277 g/mol. The van der Waals surface area contributed by atoms with Crippen LogP contribution in [0.4, 0.5) is 0 Å². The summed E-state index contributed by atoms with van der Waals surface area (Å²) < 4.78 is 0. The molecule has 0 saturated carbocycles. The molecule has 4 heteroatoms. The van der Waals surface area contributed by atoms with Crippen LogP contribution in [0.3, 0.4) is 0 Å². The Labute approximate surface area is 120 Å². The van der Waals surface area contributed by atoms with Crippen LogP contribution in [0, 0.1) is 0 Å². The van der Waals surface area contributed by atoms with Crippen molar-refractivity contribution in [3.63, 3.8) is 0 Å². The van der Waals surface area contributed by atoms with Crippen LogP contribution >= 0.6 is 0 Å². The van der Waals surface area contributed by atoms with Gasteiger partial charge >= 0.3 is 5.97 Å². The normalized spacial score (nSPS) is 24.7. The fraction of sp³-hybridized carbons (Fsp3) is 0.562. The van der Waals surface area contributed by atoms with Crippen LogP contribution in [0.5, 0.6) is 5.75 Å². The number of aromatic hydroxyl groups is 1. The molecule has 0 aliphatic carbocycles. The van der Waals surface area contributed by atoms with E-state index in [2.05, 4.69) is 11.8 Å². The minimum absolute atomic E-state index is 0.179. The number of hydrogen-bond acceptors (Lipinski definition) is 3. The number of phenolic OH excluding ortho intramolecular Hbond substituents is 1. The summed E-state index contributed by atoms with van der Waals surface area (Å²) in [6.07, 6.45) is 3.12. The Hall–Kier alpha value is -1.55. The first-order valence-corrected chi connectivity index (χ1v) is 7.27. The first-order valence-electron chi connectivity index (χ1n) is 7.27. The molecule has 1 saturated heterocycles. The molecule has 2 atom stereocenters. The molecule has 4 nitrogen and oxygen atoms in total. The number of carboxylic acids is 1. The Morgan fingerprint density at radius 3 is 2.60 bits per heavy atom. The number of carboxylic acid groups (broad SMARTS) is 1. The lowest BCUT2D eigenvalue weighted by molar-refractivity contribution is -0.151. The van der Waals surface area contributed by atoms with Gasteiger partial charge in [0.2, 0.25) is 0 Å². The summed E-state index contributed by atoms with van der Waals surface area (Å²) in [6, 6.07) is 7.33. The summed E-state index contributed by atoms with van der Waals surface area (Å²) in [5, 5.41) is 18.9. The van der Waals surface area contributed by atoms with E-state index in [1.165, 1.54) is 0 Å². The maximum absolute atomic E-state index is 11.7. The highest BCUT2D eigenvalue weighted by molar-refractivity contribution is 5.79. The van der Waals surface area contributed by atoms with E-state index in [-0.39, 0.29) is 11.8 Å². The molecule has 2 unspecified atom stereocenters. The molecule has 2 rings (SSSR count). The topological polar surface area (TPSA) is 60.8 Å². The van der Waals surface area contributed by atoms with E-state index in [0.717, 1.165) is 31.4 Å². The third kappa shape index (κ3) is 2.66. The zero-order valence-corrected chi connectivity index (χ0v) is 12.2. The molecule has 1 aliphatic heterocycles. The summed E-state index contributed by atoms with van der Waals surface area (Å²) in [4.78, 5) is 13.8.